The molecule has 0 radical (unpaired) electrons. The molecule has 1 aliphatic rings. The fourth-order valence-corrected chi connectivity index (χ4v) is 4.28. The van der Waals surface area contributed by atoms with E-state index < -0.39 is 0 Å². The Kier molecular flexibility index (Phi) is 9.87. The number of rotatable bonds is 14. The standard InChI is InChI=1S/C29H41N3O2/c1-5-7-9-10-12-22(11-8-6-2)21-34-28-20-29(33)31-27(28)19-24-15-18-26(30-24)23-13-16-25(17-14-23)32(3)4/h13-20,22,30H,5-12,21H2,1-4H3,(H,31,33). The Hall–Kier alpha value is -2.95. The molecule has 5 heteroatoms. The summed E-state index contributed by atoms with van der Waals surface area (Å²) in [6.45, 7) is 5.15. The van der Waals surface area contributed by atoms with Crippen molar-refractivity contribution in [3.05, 3.63) is 59.6 Å². The number of H-pyrrole nitrogens is 1. The van der Waals surface area contributed by atoms with E-state index in [0.717, 1.165) is 22.6 Å². The van der Waals surface area contributed by atoms with Gasteiger partial charge in [-0.25, -0.2) is 0 Å². The van der Waals surface area contributed by atoms with Gasteiger partial charge in [-0.15, -0.1) is 0 Å². The van der Waals surface area contributed by atoms with E-state index in [4.69, 9.17) is 4.74 Å². The summed E-state index contributed by atoms with van der Waals surface area (Å²) in [5, 5.41) is 2.93. The molecule has 0 saturated heterocycles. The number of unbranched alkanes of at least 4 members (excludes halogenated alkanes) is 4. The van der Waals surface area contributed by atoms with Gasteiger partial charge in [-0.1, -0.05) is 64.5 Å². The molecule has 0 saturated carbocycles. The molecular weight excluding hydrogens is 422 g/mol. The molecule has 0 bridgehead atoms. The summed E-state index contributed by atoms with van der Waals surface area (Å²) in [6.07, 6.45) is 13.4. The molecule has 184 valence electrons. The highest BCUT2D eigenvalue weighted by Crippen LogP contribution is 2.25. The van der Waals surface area contributed by atoms with E-state index in [1.807, 2.05) is 26.2 Å². The van der Waals surface area contributed by atoms with Gasteiger partial charge in [0.1, 0.15) is 5.76 Å². The Bertz CT molecular complexity index is 970. The Balaban J connectivity index is 1.64. The molecule has 5 nitrogen and oxygen atoms in total. The predicted molar refractivity (Wildman–Crippen MR) is 142 cm³/mol. The van der Waals surface area contributed by atoms with Gasteiger partial charge in [0.2, 0.25) is 0 Å². The molecule has 0 fully saturated rings. The maximum absolute atomic E-state index is 12.1. The van der Waals surface area contributed by atoms with Gasteiger partial charge in [0.25, 0.3) is 5.91 Å². The molecule has 1 aromatic carbocycles. The number of hydrogen-bond acceptors (Lipinski definition) is 3. The highest BCUT2D eigenvalue weighted by atomic mass is 16.5. The number of amides is 1. The maximum atomic E-state index is 12.1. The third-order valence-electron chi connectivity index (χ3n) is 6.40. The second kappa shape index (κ2) is 13.1. The van der Waals surface area contributed by atoms with Gasteiger partial charge < -0.3 is 19.9 Å². The smallest absolute Gasteiger partial charge is 0.252 e. The summed E-state index contributed by atoms with van der Waals surface area (Å²) in [6, 6.07) is 12.5. The molecule has 1 amide bonds. The first-order valence-corrected chi connectivity index (χ1v) is 12.8. The van der Waals surface area contributed by atoms with Gasteiger partial charge in [0.05, 0.1) is 12.3 Å². The third-order valence-corrected chi connectivity index (χ3v) is 6.40. The third kappa shape index (κ3) is 7.54. The minimum absolute atomic E-state index is 0.125. The zero-order chi connectivity index (χ0) is 24.3. The molecule has 1 unspecified atom stereocenters. The zero-order valence-corrected chi connectivity index (χ0v) is 21.3. The molecule has 2 aromatic rings. The average molecular weight is 464 g/mol. The lowest BCUT2D eigenvalue weighted by molar-refractivity contribution is -0.115. The zero-order valence-electron chi connectivity index (χ0n) is 21.3. The van der Waals surface area contributed by atoms with Gasteiger partial charge >= 0.3 is 0 Å². The van der Waals surface area contributed by atoms with Crippen molar-refractivity contribution in [3.8, 4) is 11.3 Å². The van der Waals surface area contributed by atoms with Crippen molar-refractivity contribution in [1.82, 2.24) is 10.3 Å². The number of hydrogen-bond donors (Lipinski definition) is 2. The topological polar surface area (TPSA) is 57.4 Å². The summed E-state index contributed by atoms with van der Waals surface area (Å²) in [5.74, 6) is 1.06. The van der Waals surface area contributed by atoms with Gasteiger partial charge in [-0.2, -0.15) is 0 Å². The molecule has 0 aliphatic carbocycles. The van der Waals surface area contributed by atoms with Crippen molar-refractivity contribution in [2.75, 3.05) is 25.6 Å². The summed E-state index contributed by atoms with van der Waals surface area (Å²) >= 11 is 0. The monoisotopic (exact) mass is 463 g/mol. The van der Waals surface area contributed by atoms with Crippen LogP contribution >= 0.6 is 0 Å². The van der Waals surface area contributed by atoms with Crippen LogP contribution < -0.4 is 10.2 Å². The summed E-state index contributed by atoms with van der Waals surface area (Å²) < 4.78 is 6.19. The molecular formula is C29H41N3O2. The SMILES string of the molecule is CCCCCCC(CCCC)COC1=CC(=O)NC1=Cc1ccc(-c2ccc(N(C)C)cc2)[nH]1. The first-order valence-electron chi connectivity index (χ1n) is 12.8. The van der Waals surface area contributed by atoms with Crippen molar-refractivity contribution in [3.63, 3.8) is 0 Å². The summed E-state index contributed by atoms with van der Waals surface area (Å²) in [5.41, 5.74) is 4.99. The van der Waals surface area contributed by atoms with Crippen LogP contribution in [0.4, 0.5) is 5.69 Å². The Labute approximate surface area is 205 Å². The van der Waals surface area contributed by atoms with E-state index in [2.05, 4.69) is 59.4 Å². The van der Waals surface area contributed by atoms with Crippen LogP contribution in [0.25, 0.3) is 17.3 Å². The number of nitrogens with one attached hydrogen (secondary N) is 2. The fourth-order valence-electron chi connectivity index (χ4n) is 4.28. The maximum Gasteiger partial charge on any atom is 0.252 e. The molecule has 2 N–H and O–H groups in total. The molecule has 1 aromatic heterocycles. The number of aromatic amines is 1. The van der Waals surface area contributed by atoms with E-state index >= 15 is 0 Å². The molecule has 0 spiro atoms. The van der Waals surface area contributed by atoms with Crippen molar-refractivity contribution in [2.45, 2.75) is 65.2 Å². The van der Waals surface area contributed by atoms with Crippen molar-refractivity contribution >= 4 is 17.7 Å². The van der Waals surface area contributed by atoms with Crippen LogP contribution in [0.3, 0.4) is 0 Å². The number of aromatic nitrogens is 1. The lowest BCUT2D eigenvalue weighted by atomic mass is 9.96. The number of nitrogens with zero attached hydrogens (tertiary/aromatic N) is 1. The van der Waals surface area contributed by atoms with E-state index in [9.17, 15) is 4.79 Å². The molecule has 1 aliphatic heterocycles. The lowest BCUT2D eigenvalue weighted by Crippen LogP contribution is -2.15. The van der Waals surface area contributed by atoms with Gasteiger partial charge in [-0.3, -0.25) is 4.79 Å². The summed E-state index contributed by atoms with van der Waals surface area (Å²) in [7, 11) is 4.07. The minimum atomic E-state index is -0.125. The fraction of sp³-hybridized carbons (Fsp3) is 0.483. The lowest BCUT2D eigenvalue weighted by Gasteiger charge is -2.18. The molecule has 34 heavy (non-hydrogen) atoms. The largest absolute Gasteiger partial charge is 0.491 e. The van der Waals surface area contributed by atoms with E-state index in [1.165, 1.54) is 57.1 Å². The first-order chi connectivity index (χ1) is 16.5. The number of ether oxygens (including phenoxy) is 1. The molecule has 1 atom stereocenters. The summed E-state index contributed by atoms with van der Waals surface area (Å²) in [4.78, 5) is 17.6. The van der Waals surface area contributed by atoms with Crippen molar-refractivity contribution in [2.24, 2.45) is 5.92 Å². The Morgan fingerprint density at radius 2 is 1.68 bits per heavy atom. The Morgan fingerprint density at radius 1 is 0.941 bits per heavy atom. The van der Waals surface area contributed by atoms with Gasteiger partial charge in [-0.05, 0) is 54.7 Å². The second-order valence-electron chi connectivity index (χ2n) is 9.49. The van der Waals surface area contributed by atoms with E-state index in [-0.39, 0.29) is 5.91 Å². The van der Waals surface area contributed by atoms with Crippen LogP contribution in [0.15, 0.2) is 53.9 Å². The van der Waals surface area contributed by atoms with Crippen molar-refractivity contribution < 1.29 is 9.53 Å². The molecule has 2 heterocycles. The van der Waals surface area contributed by atoms with Crippen LogP contribution in [-0.4, -0.2) is 31.6 Å². The van der Waals surface area contributed by atoms with E-state index in [1.54, 1.807) is 6.08 Å². The van der Waals surface area contributed by atoms with Gasteiger partial charge in [0.15, 0.2) is 0 Å². The van der Waals surface area contributed by atoms with Crippen LogP contribution in [0, 0.1) is 5.92 Å². The number of carbonyl (C=O) groups excluding carboxylic acids is 1. The van der Waals surface area contributed by atoms with Gasteiger partial charge in [0, 0.05) is 37.2 Å². The average Bonchev–Trinajstić information content (AvgIpc) is 3.44. The van der Waals surface area contributed by atoms with E-state index in [0.29, 0.717) is 18.3 Å². The highest BCUT2D eigenvalue weighted by molar-refractivity contribution is 5.95. The predicted octanol–water partition coefficient (Wildman–Crippen LogP) is 6.90. The normalized spacial score (nSPS) is 15.4. The molecule has 3 rings (SSSR count). The Morgan fingerprint density at radius 3 is 2.38 bits per heavy atom. The first kappa shape index (κ1) is 25.7. The minimum Gasteiger partial charge on any atom is -0.491 e. The number of benzene rings is 1. The number of carbonyl (C=O) groups is 1. The second-order valence-corrected chi connectivity index (χ2v) is 9.49. The van der Waals surface area contributed by atoms with Crippen LogP contribution in [0.2, 0.25) is 0 Å². The number of anilines is 1. The van der Waals surface area contributed by atoms with Crippen LogP contribution in [0.5, 0.6) is 0 Å². The quantitative estimate of drug-likeness (QED) is 0.300. The highest BCUT2D eigenvalue weighted by Gasteiger charge is 2.21. The van der Waals surface area contributed by atoms with Crippen molar-refractivity contribution in [1.29, 1.82) is 0 Å². The van der Waals surface area contributed by atoms with Crippen LogP contribution in [0.1, 0.15) is 70.9 Å². The van der Waals surface area contributed by atoms with Crippen LogP contribution in [-0.2, 0) is 9.53 Å².